The lowest BCUT2D eigenvalue weighted by molar-refractivity contribution is -0.134. The third kappa shape index (κ3) is 2.19. The average molecular weight is 245 g/mol. The van der Waals surface area contributed by atoms with Crippen molar-refractivity contribution in [3.8, 4) is 0 Å². The molecule has 0 saturated heterocycles. The smallest absolute Gasteiger partial charge is 0.432 e. The summed E-state index contributed by atoms with van der Waals surface area (Å²) in [6.07, 6.45) is -4.85. The fourth-order valence-corrected chi connectivity index (χ4v) is 2.22. The normalized spacial score (nSPS) is 22.5. The molecular weight excluding hydrogens is 238 g/mol. The minimum Gasteiger partial charge on any atom is -0.477 e. The van der Waals surface area contributed by atoms with Crippen LogP contribution in [0.1, 0.15) is 6.92 Å². The van der Waals surface area contributed by atoms with Crippen LogP contribution in [-0.4, -0.2) is 34.3 Å². The Hall–Kier alpha value is -0.920. The molecule has 0 amide bonds. The Morgan fingerprint density at radius 1 is 1.60 bits per heavy atom. The molecule has 0 radical (unpaired) electrons. The van der Waals surface area contributed by atoms with Crippen molar-refractivity contribution in [2.45, 2.75) is 18.7 Å². The van der Waals surface area contributed by atoms with Gasteiger partial charge in [0.05, 0.1) is 0 Å². The van der Waals surface area contributed by atoms with Crippen molar-refractivity contribution in [3.63, 3.8) is 0 Å². The first-order valence-corrected chi connectivity index (χ1v) is 4.79. The number of nitrogens with zero attached hydrogens (tertiary/aromatic N) is 1. The summed E-state index contributed by atoms with van der Waals surface area (Å²) in [5, 5.41) is 8.51. The van der Waals surface area contributed by atoms with E-state index in [0.717, 1.165) is 0 Å². The quantitative estimate of drug-likeness (QED) is 0.598. The van der Waals surface area contributed by atoms with Gasteiger partial charge < -0.3 is 10.0 Å². The van der Waals surface area contributed by atoms with Gasteiger partial charge in [-0.1, -0.05) is 11.8 Å². The molecule has 0 saturated carbocycles. The van der Waals surface area contributed by atoms with Crippen molar-refractivity contribution in [1.82, 2.24) is 4.90 Å². The molecule has 0 spiro atoms. The van der Waals surface area contributed by atoms with E-state index in [-0.39, 0.29) is 18.3 Å². The fraction of sp³-hybridized carbons (Fsp3) is 0.571. The van der Waals surface area contributed by atoms with Crippen LogP contribution in [-0.2, 0) is 4.79 Å². The van der Waals surface area contributed by atoms with Crippen molar-refractivity contribution in [2.24, 2.45) is 0 Å². The summed E-state index contributed by atoms with van der Waals surface area (Å²) in [6.45, 7) is 1.09. The van der Waals surface area contributed by atoms with E-state index < -0.39 is 28.4 Å². The minimum absolute atomic E-state index is 0.0606. The summed E-state index contributed by atoms with van der Waals surface area (Å²) in [5.41, 5.74) is -3.40. The molecule has 3 nitrogen and oxygen atoms in total. The highest BCUT2D eigenvalue weighted by atomic mass is 32.2. The van der Waals surface area contributed by atoms with Crippen molar-refractivity contribution in [1.29, 1.82) is 0 Å². The molecule has 0 aromatic heterocycles. The van der Waals surface area contributed by atoms with Crippen LogP contribution in [0.2, 0.25) is 0 Å². The number of carboxylic acids is 1. The standard InChI is InChI=1S/C7H7F4NO2S/c1-2-12-4(7(9,10)11)3(5(13)14)15-6(12)8/h6H,2H2,1H3,(H,13,14)/t6-/m1/s1. The molecule has 1 aliphatic heterocycles. The summed E-state index contributed by atoms with van der Waals surface area (Å²) >= 11 is 0.0606. The molecule has 1 N–H and O–H groups in total. The number of thioether (sulfide) groups is 1. The topological polar surface area (TPSA) is 40.5 Å². The number of alkyl halides is 4. The van der Waals surface area contributed by atoms with Crippen molar-refractivity contribution in [2.75, 3.05) is 6.54 Å². The Bertz CT molecular complexity index is 315. The van der Waals surface area contributed by atoms with Gasteiger partial charge in [-0.2, -0.15) is 13.2 Å². The number of carbonyl (C=O) groups is 1. The van der Waals surface area contributed by atoms with Crippen LogP contribution in [0.4, 0.5) is 17.6 Å². The third-order valence-electron chi connectivity index (χ3n) is 1.77. The number of allylic oxidation sites excluding steroid dienone is 1. The number of hydrogen-bond acceptors (Lipinski definition) is 3. The molecule has 1 aliphatic rings. The second-order valence-corrected chi connectivity index (χ2v) is 3.71. The lowest BCUT2D eigenvalue weighted by atomic mass is 10.3. The SMILES string of the molecule is CCN1C(C(F)(F)F)=C(C(=O)O)S[C@@H]1F. The zero-order chi connectivity index (χ0) is 11.8. The minimum atomic E-state index is -4.85. The summed E-state index contributed by atoms with van der Waals surface area (Å²) in [6, 6.07) is 0. The number of hydrogen-bond donors (Lipinski definition) is 1. The molecule has 15 heavy (non-hydrogen) atoms. The van der Waals surface area contributed by atoms with E-state index >= 15 is 0 Å². The second kappa shape index (κ2) is 3.92. The lowest BCUT2D eigenvalue weighted by Gasteiger charge is -2.23. The summed E-state index contributed by atoms with van der Waals surface area (Å²) in [4.78, 5) is 9.89. The lowest BCUT2D eigenvalue weighted by Crippen LogP contribution is -2.32. The highest BCUT2D eigenvalue weighted by Crippen LogP contribution is 2.45. The molecule has 1 rings (SSSR count). The monoisotopic (exact) mass is 245 g/mol. The Balaban J connectivity index is 3.19. The van der Waals surface area contributed by atoms with Crippen LogP contribution < -0.4 is 0 Å². The van der Waals surface area contributed by atoms with E-state index in [0.29, 0.717) is 4.90 Å². The van der Waals surface area contributed by atoms with Crippen LogP contribution in [0.5, 0.6) is 0 Å². The van der Waals surface area contributed by atoms with E-state index in [2.05, 4.69) is 0 Å². The maximum absolute atomic E-state index is 13.1. The fourth-order valence-electron chi connectivity index (χ4n) is 1.19. The van der Waals surface area contributed by atoms with Crippen LogP contribution in [0.25, 0.3) is 0 Å². The summed E-state index contributed by atoms with van der Waals surface area (Å²) in [5.74, 6) is -1.76. The van der Waals surface area contributed by atoms with Gasteiger partial charge in [0.1, 0.15) is 10.6 Å². The molecule has 0 fully saturated rings. The first-order valence-electron chi connectivity index (χ1n) is 3.91. The van der Waals surface area contributed by atoms with E-state index in [4.69, 9.17) is 5.11 Å². The number of aliphatic carboxylic acids is 1. The Kier molecular flexibility index (Phi) is 3.17. The summed E-state index contributed by atoms with van der Waals surface area (Å²) < 4.78 is 50.4. The molecule has 86 valence electrons. The van der Waals surface area contributed by atoms with Gasteiger partial charge in [-0.25, -0.2) is 9.18 Å². The van der Waals surface area contributed by atoms with Crippen LogP contribution >= 0.6 is 11.8 Å². The van der Waals surface area contributed by atoms with E-state index in [1.807, 2.05) is 0 Å². The van der Waals surface area contributed by atoms with Gasteiger partial charge in [0.25, 0.3) is 0 Å². The first-order chi connectivity index (χ1) is 6.79. The molecule has 0 aliphatic carbocycles. The average Bonchev–Trinajstić information content (AvgIpc) is 2.41. The highest BCUT2D eigenvalue weighted by molar-refractivity contribution is 8.04. The van der Waals surface area contributed by atoms with Gasteiger partial charge in [0.2, 0.25) is 5.63 Å². The first kappa shape index (κ1) is 12.2. The zero-order valence-electron chi connectivity index (χ0n) is 7.51. The van der Waals surface area contributed by atoms with Gasteiger partial charge in [0, 0.05) is 6.54 Å². The Labute approximate surface area is 86.7 Å². The maximum Gasteiger partial charge on any atom is 0.432 e. The zero-order valence-corrected chi connectivity index (χ0v) is 8.32. The number of carboxylic acid groups (broad SMARTS) is 1. The van der Waals surface area contributed by atoms with Crippen molar-refractivity contribution < 1.29 is 27.5 Å². The maximum atomic E-state index is 13.1. The van der Waals surface area contributed by atoms with Gasteiger partial charge in [-0.05, 0) is 6.92 Å². The van der Waals surface area contributed by atoms with E-state index in [1.165, 1.54) is 6.92 Å². The second-order valence-electron chi connectivity index (χ2n) is 2.68. The predicted octanol–water partition coefficient (Wildman–Crippen LogP) is 2.17. The van der Waals surface area contributed by atoms with E-state index in [1.54, 1.807) is 0 Å². The molecule has 0 unspecified atom stereocenters. The van der Waals surface area contributed by atoms with Gasteiger partial charge >= 0.3 is 12.1 Å². The third-order valence-corrected chi connectivity index (χ3v) is 2.82. The van der Waals surface area contributed by atoms with Gasteiger partial charge in [0.15, 0.2) is 0 Å². The highest BCUT2D eigenvalue weighted by Gasteiger charge is 2.49. The van der Waals surface area contributed by atoms with Gasteiger partial charge in [-0.3, -0.25) is 0 Å². The largest absolute Gasteiger partial charge is 0.477 e. The predicted molar refractivity (Wildman–Crippen MR) is 45.6 cm³/mol. The van der Waals surface area contributed by atoms with Crippen molar-refractivity contribution >= 4 is 17.7 Å². The van der Waals surface area contributed by atoms with Crippen molar-refractivity contribution in [3.05, 3.63) is 10.6 Å². The van der Waals surface area contributed by atoms with E-state index in [9.17, 15) is 22.4 Å². The summed E-state index contributed by atoms with van der Waals surface area (Å²) in [7, 11) is 0. The number of halogens is 4. The molecule has 0 aromatic carbocycles. The molecule has 1 atom stereocenters. The molecule has 8 heteroatoms. The van der Waals surface area contributed by atoms with Crippen LogP contribution in [0, 0.1) is 0 Å². The molecule has 0 bridgehead atoms. The molecule has 0 aromatic rings. The Morgan fingerprint density at radius 2 is 2.13 bits per heavy atom. The van der Waals surface area contributed by atoms with Gasteiger partial charge in [-0.15, -0.1) is 0 Å². The molecular formula is C7H7F4NO2S. The molecule has 1 heterocycles. The number of rotatable bonds is 2. The Morgan fingerprint density at radius 3 is 2.47 bits per heavy atom. The van der Waals surface area contributed by atoms with Crippen LogP contribution in [0.15, 0.2) is 10.6 Å². The van der Waals surface area contributed by atoms with Crippen LogP contribution in [0.3, 0.4) is 0 Å².